The zero-order valence-corrected chi connectivity index (χ0v) is 12.0. The maximum Gasteiger partial charge on any atom is 0.323 e. The van der Waals surface area contributed by atoms with Crippen LogP contribution in [0.25, 0.3) is 0 Å². The van der Waals surface area contributed by atoms with E-state index in [0.29, 0.717) is 24.5 Å². The molecule has 2 rings (SSSR count). The molecule has 0 radical (unpaired) electrons. The summed E-state index contributed by atoms with van der Waals surface area (Å²) in [5.74, 6) is 1.17. The fourth-order valence-electron chi connectivity index (χ4n) is 2.02. The molecule has 1 aliphatic carbocycles. The molecule has 19 heavy (non-hydrogen) atoms. The second kappa shape index (κ2) is 6.04. The predicted octanol–water partition coefficient (Wildman–Crippen LogP) is 2.45. The molecule has 0 aromatic carbocycles. The van der Waals surface area contributed by atoms with Crippen molar-refractivity contribution in [1.29, 1.82) is 0 Å². The van der Waals surface area contributed by atoms with Gasteiger partial charge in [0.2, 0.25) is 11.9 Å². The van der Waals surface area contributed by atoms with Gasteiger partial charge in [0.15, 0.2) is 0 Å². The summed E-state index contributed by atoms with van der Waals surface area (Å²) in [6, 6.07) is 0.376. The van der Waals surface area contributed by atoms with Crippen LogP contribution >= 0.6 is 0 Å². The van der Waals surface area contributed by atoms with Crippen molar-refractivity contribution < 1.29 is 4.74 Å². The summed E-state index contributed by atoms with van der Waals surface area (Å²) in [6.45, 7) is 7.61. The summed E-state index contributed by atoms with van der Waals surface area (Å²) in [5, 5.41) is 6.56. The number of nitrogens with one attached hydrogen (secondary N) is 2. The summed E-state index contributed by atoms with van der Waals surface area (Å²) in [6.07, 6.45) is 4.59. The van der Waals surface area contributed by atoms with E-state index in [4.69, 9.17) is 4.74 Å². The molecule has 0 bridgehead atoms. The fraction of sp³-hybridized carbons (Fsp3) is 0.769. The maximum absolute atomic E-state index is 5.39. The highest BCUT2D eigenvalue weighted by molar-refractivity contribution is 5.38. The van der Waals surface area contributed by atoms with E-state index in [9.17, 15) is 0 Å². The topological polar surface area (TPSA) is 72.0 Å². The molecule has 1 aromatic rings. The lowest BCUT2D eigenvalue weighted by Crippen LogP contribution is -2.42. The summed E-state index contributed by atoms with van der Waals surface area (Å²) >= 11 is 0. The smallest absolute Gasteiger partial charge is 0.323 e. The molecule has 1 aromatic heterocycles. The Balaban J connectivity index is 2.13. The van der Waals surface area contributed by atoms with E-state index in [0.717, 1.165) is 25.8 Å². The highest BCUT2D eigenvalue weighted by Gasteiger charge is 2.32. The largest absolute Gasteiger partial charge is 0.464 e. The van der Waals surface area contributed by atoms with E-state index in [-0.39, 0.29) is 5.54 Å². The van der Waals surface area contributed by atoms with Crippen LogP contribution in [0.1, 0.15) is 46.5 Å². The summed E-state index contributed by atoms with van der Waals surface area (Å²) in [4.78, 5) is 12.9. The Morgan fingerprint density at radius 2 is 1.89 bits per heavy atom. The second-order valence-corrected chi connectivity index (χ2v) is 5.16. The van der Waals surface area contributed by atoms with Crippen LogP contribution in [-0.2, 0) is 0 Å². The van der Waals surface area contributed by atoms with Crippen molar-refractivity contribution in [1.82, 2.24) is 15.0 Å². The maximum atomic E-state index is 5.39. The van der Waals surface area contributed by atoms with Crippen molar-refractivity contribution in [2.24, 2.45) is 0 Å². The van der Waals surface area contributed by atoms with Crippen molar-refractivity contribution in [2.45, 2.75) is 52.0 Å². The van der Waals surface area contributed by atoms with Crippen molar-refractivity contribution in [3.8, 4) is 6.01 Å². The van der Waals surface area contributed by atoms with Crippen LogP contribution < -0.4 is 15.4 Å². The first-order valence-corrected chi connectivity index (χ1v) is 7.06. The molecule has 1 saturated carbocycles. The molecule has 6 heteroatoms. The first-order chi connectivity index (χ1) is 9.15. The molecule has 0 aliphatic heterocycles. The lowest BCUT2D eigenvalue weighted by atomic mass is 9.79. The summed E-state index contributed by atoms with van der Waals surface area (Å²) in [5.41, 5.74) is 0.118. The number of nitrogens with zero attached hydrogens (tertiary/aromatic N) is 3. The van der Waals surface area contributed by atoms with Crippen LogP contribution in [0.15, 0.2) is 0 Å². The molecule has 0 unspecified atom stereocenters. The van der Waals surface area contributed by atoms with Crippen molar-refractivity contribution in [3.05, 3.63) is 0 Å². The van der Waals surface area contributed by atoms with Gasteiger partial charge >= 0.3 is 6.01 Å². The Bertz CT molecular complexity index is 419. The summed E-state index contributed by atoms with van der Waals surface area (Å²) < 4.78 is 5.39. The molecular weight excluding hydrogens is 242 g/mol. The van der Waals surface area contributed by atoms with Gasteiger partial charge in [-0.2, -0.15) is 15.0 Å². The quantitative estimate of drug-likeness (QED) is 0.789. The molecule has 0 spiro atoms. The molecular formula is C13H23N5O. The van der Waals surface area contributed by atoms with Gasteiger partial charge < -0.3 is 15.4 Å². The number of rotatable bonds is 7. The molecule has 1 fully saturated rings. The zero-order chi connectivity index (χ0) is 13.7. The van der Waals surface area contributed by atoms with Crippen LogP contribution in [0, 0.1) is 0 Å². The number of anilines is 2. The number of hydrogen-bond acceptors (Lipinski definition) is 6. The number of ether oxygens (including phenoxy) is 1. The highest BCUT2D eigenvalue weighted by atomic mass is 16.5. The van der Waals surface area contributed by atoms with Gasteiger partial charge in [0.05, 0.1) is 6.61 Å². The van der Waals surface area contributed by atoms with Crippen molar-refractivity contribution >= 4 is 11.9 Å². The van der Waals surface area contributed by atoms with Gasteiger partial charge in [-0.25, -0.2) is 0 Å². The SMILES string of the molecule is CCCNc1nc(NC2(C)CCC2)nc(OCC)n1. The van der Waals surface area contributed by atoms with Gasteiger partial charge in [-0.05, 0) is 39.5 Å². The number of hydrogen-bond donors (Lipinski definition) is 2. The van der Waals surface area contributed by atoms with Crippen LogP contribution in [0.5, 0.6) is 6.01 Å². The van der Waals surface area contributed by atoms with Gasteiger partial charge in [-0.15, -0.1) is 0 Å². The Morgan fingerprint density at radius 1 is 1.16 bits per heavy atom. The first kappa shape index (κ1) is 13.8. The lowest BCUT2D eigenvalue weighted by molar-refractivity contribution is 0.299. The van der Waals surface area contributed by atoms with E-state index >= 15 is 0 Å². The van der Waals surface area contributed by atoms with E-state index < -0.39 is 0 Å². The van der Waals surface area contributed by atoms with E-state index in [2.05, 4.69) is 39.4 Å². The zero-order valence-electron chi connectivity index (χ0n) is 12.0. The Morgan fingerprint density at radius 3 is 2.47 bits per heavy atom. The molecule has 0 saturated heterocycles. The van der Waals surface area contributed by atoms with Crippen LogP contribution in [-0.4, -0.2) is 33.6 Å². The highest BCUT2D eigenvalue weighted by Crippen LogP contribution is 2.34. The van der Waals surface area contributed by atoms with Crippen molar-refractivity contribution in [2.75, 3.05) is 23.8 Å². The molecule has 6 nitrogen and oxygen atoms in total. The third kappa shape index (κ3) is 3.68. The molecule has 1 heterocycles. The normalized spacial score (nSPS) is 16.6. The minimum Gasteiger partial charge on any atom is -0.464 e. The van der Waals surface area contributed by atoms with Crippen molar-refractivity contribution in [3.63, 3.8) is 0 Å². The average Bonchev–Trinajstić information content (AvgIpc) is 2.35. The monoisotopic (exact) mass is 265 g/mol. The predicted molar refractivity (Wildman–Crippen MR) is 75.7 cm³/mol. The van der Waals surface area contributed by atoms with Crippen LogP contribution in [0.4, 0.5) is 11.9 Å². The molecule has 0 amide bonds. The molecule has 0 atom stereocenters. The Kier molecular flexibility index (Phi) is 4.39. The minimum atomic E-state index is 0.118. The van der Waals surface area contributed by atoms with Gasteiger partial charge in [0.1, 0.15) is 0 Å². The van der Waals surface area contributed by atoms with Gasteiger partial charge in [0, 0.05) is 12.1 Å². The summed E-state index contributed by atoms with van der Waals surface area (Å²) in [7, 11) is 0. The van der Waals surface area contributed by atoms with Crippen LogP contribution in [0.2, 0.25) is 0 Å². The van der Waals surface area contributed by atoms with Gasteiger partial charge in [-0.1, -0.05) is 6.92 Å². The third-order valence-corrected chi connectivity index (χ3v) is 3.29. The number of aromatic nitrogens is 3. The van der Waals surface area contributed by atoms with E-state index in [1.807, 2.05) is 6.92 Å². The molecule has 106 valence electrons. The fourth-order valence-corrected chi connectivity index (χ4v) is 2.02. The standard InChI is InChI=1S/C13H23N5O/c1-4-9-14-10-15-11(17-12(16-10)19-5-2)18-13(3)7-6-8-13/h4-9H2,1-3H3,(H2,14,15,16,17,18). The Labute approximate surface area is 114 Å². The van der Waals surface area contributed by atoms with Gasteiger partial charge in [-0.3, -0.25) is 0 Å². The van der Waals surface area contributed by atoms with Crippen LogP contribution in [0.3, 0.4) is 0 Å². The van der Waals surface area contributed by atoms with E-state index in [1.165, 1.54) is 6.42 Å². The molecule has 1 aliphatic rings. The molecule has 2 N–H and O–H groups in total. The third-order valence-electron chi connectivity index (χ3n) is 3.29. The van der Waals surface area contributed by atoms with E-state index in [1.54, 1.807) is 0 Å². The average molecular weight is 265 g/mol. The second-order valence-electron chi connectivity index (χ2n) is 5.16. The first-order valence-electron chi connectivity index (χ1n) is 7.06. The lowest BCUT2D eigenvalue weighted by Gasteiger charge is -2.39. The minimum absolute atomic E-state index is 0.118. The van der Waals surface area contributed by atoms with Gasteiger partial charge in [0.25, 0.3) is 0 Å². The Hall–Kier alpha value is -1.59.